The molecule has 27 heavy (non-hydrogen) atoms. The Hall–Kier alpha value is -2.71. The van der Waals surface area contributed by atoms with Crippen LogP contribution in [0.4, 0.5) is 5.69 Å². The summed E-state index contributed by atoms with van der Waals surface area (Å²) in [4.78, 5) is 24.0. The predicted molar refractivity (Wildman–Crippen MR) is 99.8 cm³/mol. The second-order valence-corrected chi connectivity index (χ2v) is 7.95. The summed E-state index contributed by atoms with van der Waals surface area (Å²) in [5, 5.41) is 7.54. The summed E-state index contributed by atoms with van der Waals surface area (Å²) < 4.78 is 27.5. The van der Waals surface area contributed by atoms with Crippen LogP contribution in [0, 0.1) is 0 Å². The van der Waals surface area contributed by atoms with Gasteiger partial charge in [0.1, 0.15) is 0 Å². The monoisotopic (exact) mass is 388 g/mol. The number of nitrogens with two attached hydrogens (primary N) is 1. The van der Waals surface area contributed by atoms with Gasteiger partial charge in [0.25, 0.3) is 5.91 Å². The van der Waals surface area contributed by atoms with E-state index < -0.39 is 28.5 Å². The molecule has 0 heterocycles. The Balaban J connectivity index is 1.55. The number of nitrogens with one attached hydrogen (secondary N) is 1. The second-order valence-electron chi connectivity index (χ2n) is 6.38. The molecule has 1 amide bonds. The van der Waals surface area contributed by atoms with Crippen molar-refractivity contribution in [3.63, 3.8) is 0 Å². The van der Waals surface area contributed by atoms with E-state index in [4.69, 9.17) is 9.88 Å². The molecule has 3 rings (SSSR count). The minimum atomic E-state index is -3.79. The van der Waals surface area contributed by atoms with Crippen molar-refractivity contribution in [1.29, 1.82) is 0 Å². The van der Waals surface area contributed by atoms with Gasteiger partial charge in [0.05, 0.1) is 10.5 Å². The number of esters is 1. The Bertz CT molecular complexity index is 968. The third kappa shape index (κ3) is 4.93. The van der Waals surface area contributed by atoms with Crippen LogP contribution in [0.5, 0.6) is 0 Å². The van der Waals surface area contributed by atoms with Crippen LogP contribution in [0.25, 0.3) is 0 Å². The Kier molecular flexibility index (Phi) is 5.57. The standard InChI is InChI=1S/C19H20N2O5S/c20-27(24,25)17-9-7-16(8-10-17)21-18(22)12-26-19(23)15-6-5-13-3-1-2-4-14(13)11-15/h5-11H,1-4,12H2,(H,21,22)(H2,20,24,25). The smallest absolute Gasteiger partial charge is 0.338 e. The molecule has 0 radical (unpaired) electrons. The van der Waals surface area contributed by atoms with E-state index in [2.05, 4.69) is 5.32 Å². The van der Waals surface area contributed by atoms with E-state index in [0.29, 0.717) is 11.3 Å². The maximum absolute atomic E-state index is 12.2. The predicted octanol–water partition coefficient (Wildman–Crippen LogP) is 2.01. The molecule has 0 atom stereocenters. The topological polar surface area (TPSA) is 116 Å². The molecule has 7 nitrogen and oxygen atoms in total. The van der Waals surface area contributed by atoms with Crippen molar-refractivity contribution < 1.29 is 22.7 Å². The van der Waals surface area contributed by atoms with Gasteiger partial charge >= 0.3 is 5.97 Å². The lowest BCUT2D eigenvalue weighted by Gasteiger charge is -2.16. The molecule has 0 aliphatic heterocycles. The number of rotatable bonds is 5. The SMILES string of the molecule is NS(=O)(=O)c1ccc(NC(=O)COC(=O)c2ccc3c(c2)CCCC3)cc1. The summed E-state index contributed by atoms with van der Waals surface area (Å²) in [6.07, 6.45) is 4.25. The van der Waals surface area contributed by atoms with E-state index in [1.54, 1.807) is 6.07 Å². The number of anilines is 1. The van der Waals surface area contributed by atoms with Gasteiger partial charge < -0.3 is 10.1 Å². The number of fused-ring (bicyclic) bond motifs is 1. The number of aryl methyl sites for hydroxylation is 2. The average molecular weight is 388 g/mol. The molecule has 0 spiro atoms. The zero-order valence-electron chi connectivity index (χ0n) is 14.6. The molecule has 8 heteroatoms. The number of amides is 1. The number of primary sulfonamides is 1. The van der Waals surface area contributed by atoms with Crippen molar-refractivity contribution in [1.82, 2.24) is 0 Å². The van der Waals surface area contributed by atoms with Crippen LogP contribution in [0.1, 0.15) is 34.3 Å². The highest BCUT2D eigenvalue weighted by atomic mass is 32.2. The Morgan fingerprint density at radius 3 is 2.33 bits per heavy atom. The summed E-state index contributed by atoms with van der Waals surface area (Å²) >= 11 is 0. The first-order valence-corrected chi connectivity index (χ1v) is 10.1. The zero-order valence-corrected chi connectivity index (χ0v) is 15.4. The molecule has 0 bridgehead atoms. The number of ether oxygens (including phenoxy) is 1. The molecule has 1 aliphatic rings. The van der Waals surface area contributed by atoms with Crippen LogP contribution in [0.15, 0.2) is 47.4 Å². The lowest BCUT2D eigenvalue weighted by Crippen LogP contribution is -2.21. The van der Waals surface area contributed by atoms with Crippen LogP contribution in [-0.2, 0) is 32.4 Å². The second kappa shape index (κ2) is 7.89. The van der Waals surface area contributed by atoms with Gasteiger partial charge in [-0.3, -0.25) is 4.79 Å². The summed E-state index contributed by atoms with van der Waals surface area (Å²) in [5.74, 6) is -1.08. The van der Waals surface area contributed by atoms with Crippen molar-refractivity contribution >= 4 is 27.6 Å². The van der Waals surface area contributed by atoms with E-state index in [-0.39, 0.29) is 4.90 Å². The first kappa shape index (κ1) is 19.1. The number of hydrogen-bond donors (Lipinski definition) is 2. The highest BCUT2D eigenvalue weighted by Crippen LogP contribution is 2.22. The van der Waals surface area contributed by atoms with E-state index >= 15 is 0 Å². The molecule has 1 aliphatic carbocycles. The minimum Gasteiger partial charge on any atom is -0.452 e. The molecular weight excluding hydrogens is 368 g/mol. The maximum Gasteiger partial charge on any atom is 0.338 e. The Morgan fingerprint density at radius 1 is 1.00 bits per heavy atom. The molecular formula is C19H20N2O5S. The van der Waals surface area contributed by atoms with Crippen molar-refractivity contribution in [2.24, 2.45) is 5.14 Å². The molecule has 3 N–H and O–H groups in total. The number of sulfonamides is 1. The van der Waals surface area contributed by atoms with Crippen molar-refractivity contribution in [2.45, 2.75) is 30.6 Å². The number of carbonyl (C=O) groups is 2. The lowest BCUT2D eigenvalue weighted by molar-refractivity contribution is -0.119. The van der Waals surface area contributed by atoms with Crippen LogP contribution in [-0.4, -0.2) is 26.9 Å². The van der Waals surface area contributed by atoms with Gasteiger partial charge in [-0.2, -0.15) is 0 Å². The molecule has 2 aromatic carbocycles. The van der Waals surface area contributed by atoms with Gasteiger partial charge in [-0.25, -0.2) is 18.4 Å². The molecule has 2 aromatic rings. The third-order valence-electron chi connectivity index (χ3n) is 4.39. The highest BCUT2D eigenvalue weighted by Gasteiger charge is 2.15. The van der Waals surface area contributed by atoms with Crippen LogP contribution < -0.4 is 10.5 Å². The molecule has 0 aromatic heterocycles. The summed E-state index contributed by atoms with van der Waals surface area (Å²) in [5.41, 5.74) is 3.23. The van der Waals surface area contributed by atoms with Gasteiger partial charge in [-0.1, -0.05) is 6.07 Å². The Morgan fingerprint density at radius 2 is 1.67 bits per heavy atom. The first-order chi connectivity index (χ1) is 12.8. The number of benzene rings is 2. The fraction of sp³-hybridized carbons (Fsp3) is 0.263. The molecule has 142 valence electrons. The average Bonchev–Trinajstić information content (AvgIpc) is 2.65. The lowest BCUT2D eigenvalue weighted by atomic mass is 9.90. The van der Waals surface area contributed by atoms with Gasteiger partial charge in [-0.15, -0.1) is 0 Å². The van der Waals surface area contributed by atoms with Crippen LogP contribution in [0.3, 0.4) is 0 Å². The summed E-state index contributed by atoms with van der Waals surface area (Å²) in [6, 6.07) is 10.9. The molecule has 0 saturated carbocycles. The maximum atomic E-state index is 12.2. The van der Waals surface area contributed by atoms with Gasteiger partial charge in [-0.05, 0) is 73.2 Å². The fourth-order valence-electron chi connectivity index (χ4n) is 3.00. The minimum absolute atomic E-state index is 0.0562. The quantitative estimate of drug-likeness (QED) is 0.760. The number of hydrogen-bond acceptors (Lipinski definition) is 5. The molecule has 0 fully saturated rings. The van der Waals surface area contributed by atoms with Gasteiger partial charge in [0.15, 0.2) is 6.61 Å². The third-order valence-corrected chi connectivity index (χ3v) is 5.31. The largest absolute Gasteiger partial charge is 0.452 e. The normalized spacial score (nSPS) is 13.5. The van der Waals surface area contributed by atoms with Crippen LogP contribution in [0.2, 0.25) is 0 Å². The van der Waals surface area contributed by atoms with Crippen molar-refractivity contribution in [3.05, 3.63) is 59.2 Å². The van der Waals surface area contributed by atoms with Gasteiger partial charge in [0, 0.05) is 5.69 Å². The summed E-state index contributed by atoms with van der Waals surface area (Å²) in [7, 11) is -3.79. The van der Waals surface area contributed by atoms with E-state index in [0.717, 1.165) is 31.2 Å². The number of carbonyl (C=O) groups excluding carboxylic acids is 2. The summed E-state index contributed by atoms with van der Waals surface area (Å²) in [6.45, 7) is -0.438. The molecule has 0 saturated heterocycles. The van der Waals surface area contributed by atoms with Crippen LogP contribution >= 0.6 is 0 Å². The van der Waals surface area contributed by atoms with Crippen molar-refractivity contribution in [3.8, 4) is 0 Å². The zero-order chi connectivity index (χ0) is 19.4. The highest BCUT2D eigenvalue weighted by molar-refractivity contribution is 7.89. The molecule has 0 unspecified atom stereocenters. The van der Waals surface area contributed by atoms with Crippen molar-refractivity contribution in [2.75, 3.05) is 11.9 Å². The fourth-order valence-corrected chi connectivity index (χ4v) is 3.52. The van der Waals surface area contributed by atoms with E-state index in [1.807, 2.05) is 12.1 Å². The van der Waals surface area contributed by atoms with Gasteiger partial charge in [0.2, 0.25) is 10.0 Å². The first-order valence-electron chi connectivity index (χ1n) is 8.54. The van der Waals surface area contributed by atoms with E-state index in [9.17, 15) is 18.0 Å². The Labute approximate surface area is 157 Å². The van der Waals surface area contributed by atoms with E-state index in [1.165, 1.54) is 29.8 Å².